The van der Waals surface area contributed by atoms with Gasteiger partial charge in [0.1, 0.15) is 0 Å². The van der Waals surface area contributed by atoms with Crippen LogP contribution in [0.4, 0.5) is 0 Å². The molecule has 0 bridgehead atoms. The minimum atomic E-state index is -0.335. The Kier molecular flexibility index (Phi) is 7.47. The molecule has 1 aromatic carbocycles. The maximum atomic E-state index is 13.5. The van der Waals surface area contributed by atoms with Crippen molar-refractivity contribution < 1.29 is 19.1 Å². The third-order valence-electron chi connectivity index (χ3n) is 5.98. The highest BCUT2D eigenvalue weighted by Gasteiger charge is 2.24. The van der Waals surface area contributed by atoms with Gasteiger partial charge in [0, 0.05) is 24.7 Å². The molecule has 1 aliphatic heterocycles. The molecule has 2 heterocycles. The van der Waals surface area contributed by atoms with Crippen LogP contribution >= 0.6 is 11.8 Å². The van der Waals surface area contributed by atoms with Gasteiger partial charge < -0.3 is 14.4 Å². The second-order valence-corrected chi connectivity index (χ2v) is 9.03. The molecule has 2 fully saturated rings. The van der Waals surface area contributed by atoms with Crippen LogP contribution in [0.1, 0.15) is 55.4 Å². The normalized spacial score (nSPS) is 17.5. The molecule has 2 aromatic rings. The molecule has 0 atom stereocenters. The molecule has 0 radical (unpaired) electrons. The molecule has 1 aliphatic carbocycles. The lowest BCUT2D eigenvalue weighted by molar-refractivity contribution is -0.139. The Labute approximate surface area is 191 Å². The van der Waals surface area contributed by atoms with Crippen molar-refractivity contribution in [2.24, 2.45) is 0 Å². The number of aromatic nitrogens is 2. The first-order chi connectivity index (χ1) is 15.6. The van der Waals surface area contributed by atoms with E-state index in [2.05, 4.69) is 0 Å². The fourth-order valence-electron chi connectivity index (χ4n) is 4.35. The average molecular weight is 460 g/mol. The Morgan fingerprint density at radius 1 is 1.19 bits per heavy atom. The van der Waals surface area contributed by atoms with Gasteiger partial charge in [0.2, 0.25) is 0 Å². The minimum absolute atomic E-state index is 0.0764. The van der Waals surface area contributed by atoms with Gasteiger partial charge in [-0.2, -0.15) is 0 Å². The number of carbonyl (C=O) groups is 2. The van der Waals surface area contributed by atoms with E-state index in [4.69, 9.17) is 14.5 Å². The Morgan fingerprint density at radius 3 is 2.66 bits per heavy atom. The standard InChI is InChI=1S/C23H29N3O5S/c1-2-31-20(27)15-32-23-24-19-14-16(21(28)25-10-12-30-13-11-25)8-9-18(19)22(29)26(23)17-6-4-3-5-7-17/h8-9,14,17H,2-7,10-13,15H2,1H3. The van der Waals surface area contributed by atoms with Crippen molar-refractivity contribution in [3.8, 4) is 0 Å². The quantitative estimate of drug-likeness (QED) is 0.373. The summed E-state index contributed by atoms with van der Waals surface area (Å²) in [5, 5.41) is 1.01. The van der Waals surface area contributed by atoms with Crippen molar-refractivity contribution in [3.05, 3.63) is 34.1 Å². The number of esters is 1. The lowest BCUT2D eigenvalue weighted by Crippen LogP contribution is -2.40. The second kappa shape index (κ2) is 10.5. The zero-order chi connectivity index (χ0) is 22.5. The summed E-state index contributed by atoms with van der Waals surface area (Å²) in [4.78, 5) is 44.9. The van der Waals surface area contributed by atoms with Gasteiger partial charge in [-0.05, 0) is 38.0 Å². The molecule has 1 aromatic heterocycles. The van der Waals surface area contributed by atoms with Crippen molar-refractivity contribution in [1.82, 2.24) is 14.5 Å². The van der Waals surface area contributed by atoms with Gasteiger partial charge in [-0.3, -0.25) is 19.0 Å². The van der Waals surface area contributed by atoms with Gasteiger partial charge in [0.05, 0.1) is 36.5 Å². The lowest BCUT2D eigenvalue weighted by Gasteiger charge is -2.27. The number of nitrogens with zero attached hydrogens (tertiary/aromatic N) is 3. The molecule has 0 unspecified atom stereocenters. The summed E-state index contributed by atoms with van der Waals surface area (Å²) in [5.41, 5.74) is 0.870. The molecular formula is C23H29N3O5S. The van der Waals surface area contributed by atoms with Crippen LogP contribution in [0.15, 0.2) is 28.2 Å². The molecule has 8 nitrogen and oxygen atoms in total. The Hall–Kier alpha value is -2.39. The first-order valence-electron chi connectivity index (χ1n) is 11.3. The number of thioether (sulfide) groups is 1. The monoisotopic (exact) mass is 459 g/mol. The summed E-state index contributed by atoms with van der Waals surface area (Å²) in [6.45, 7) is 4.23. The molecule has 1 saturated heterocycles. The Bertz CT molecular complexity index is 1040. The largest absolute Gasteiger partial charge is 0.465 e. The summed E-state index contributed by atoms with van der Waals surface area (Å²) in [6.07, 6.45) is 5.17. The number of ether oxygens (including phenoxy) is 2. The van der Waals surface area contributed by atoms with Crippen LogP contribution in [-0.2, 0) is 14.3 Å². The second-order valence-electron chi connectivity index (χ2n) is 8.09. The summed E-state index contributed by atoms with van der Waals surface area (Å²) < 4.78 is 12.1. The first kappa shape index (κ1) is 22.8. The third-order valence-corrected chi connectivity index (χ3v) is 6.90. The molecule has 1 amide bonds. The summed E-state index contributed by atoms with van der Waals surface area (Å²) in [7, 11) is 0. The van der Waals surface area contributed by atoms with Crippen molar-refractivity contribution in [1.29, 1.82) is 0 Å². The molecule has 9 heteroatoms. The van der Waals surface area contributed by atoms with Crippen LogP contribution in [0.5, 0.6) is 0 Å². The highest BCUT2D eigenvalue weighted by molar-refractivity contribution is 7.99. The van der Waals surface area contributed by atoms with Crippen molar-refractivity contribution in [2.45, 2.75) is 50.2 Å². The average Bonchev–Trinajstić information content (AvgIpc) is 2.83. The van der Waals surface area contributed by atoms with Crippen LogP contribution in [0.3, 0.4) is 0 Å². The van der Waals surface area contributed by atoms with E-state index in [9.17, 15) is 14.4 Å². The zero-order valence-corrected chi connectivity index (χ0v) is 19.2. The molecule has 1 saturated carbocycles. The smallest absolute Gasteiger partial charge is 0.316 e. The van der Waals surface area contributed by atoms with E-state index in [-0.39, 0.29) is 29.2 Å². The van der Waals surface area contributed by atoms with Gasteiger partial charge in [0.25, 0.3) is 11.5 Å². The summed E-state index contributed by atoms with van der Waals surface area (Å²) in [6, 6.07) is 5.18. The van der Waals surface area contributed by atoms with Crippen molar-refractivity contribution in [2.75, 3.05) is 38.7 Å². The molecule has 0 spiro atoms. The van der Waals surface area contributed by atoms with E-state index in [0.29, 0.717) is 54.5 Å². The van der Waals surface area contributed by atoms with E-state index in [0.717, 1.165) is 25.7 Å². The summed E-state index contributed by atoms with van der Waals surface area (Å²) in [5.74, 6) is -0.335. The predicted molar refractivity (Wildman–Crippen MR) is 122 cm³/mol. The van der Waals surface area contributed by atoms with Crippen LogP contribution in [0.25, 0.3) is 10.9 Å². The van der Waals surface area contributed by atoms with Gasteiger partial charge in [-0.15, -0.1) is 0 Å². The van der Waals surface area contributed by atoms with Crippen LogP contribution in [0.2, 0.25) is 0 Å². The number of fused-ring (bicyclic) bond motifs is 1. The molecule has 4 rings (SSSR count). The van der Waals surface area contributed by atoms with E-state index in [1.807, 2.05) is 0 Å². The molecule has 172 valence electrons. The van der Waals surface area contributed by atoms with Crippen molar-refractivity contribution in [3.63, 3.8) is 0 Å². The number of rotatable bonds is 6. The molecule has 2 aliphatic rings. The van der Waals surface area contributed by atoms with Gasteiger partial charge in [-0.25, -0.2) is 4.98 Å². The first-order valence-corrected chi connectivity index (χ1v) is 12.3. The number of hydrogen-bond acceptors (Lipinski definition) is 7. The van der Waals surface area contributed by atoms with Gasteiger partial charge >= 0.3 is 5.97 Å². The van der Waals surface area contributed by atoms with E-state index in [1.54, 1.807) is 34.6 Å². The summed E-state index contributed by atoms with van der Waals surface area (Å²) >= 11 is 1.23. The van der Waals surface area contributed by atoms with Crippen LogP contribution < -0.4 is 5.56 Å². The minimum Gasteiger partial charge on any atom is -0.465 e. The topological polar surface area (TPSA) is 90.7 Å². The van der Waals surface area contributed by atoms with Crippen LogP contribution in [0, 0.1) is 0 Å². The maximum absolute atomic E-state index is 13.5. The van der Waals surface area contributed by atoms with E-state index >= 15 is 0 Å². The fourth-order valence-corrected chi connectivity index (χ4v) is 5.21. The number of hydrogen-bond donors (Lipinski definition) is 0. The fraction of sp³-hybridized carbons (Fsp3) is 0.565. The highest BCUT2D eigenvalue weighted by Crippen LogP contribution is 2.31. The lowest BCUT2D eigenvalue weighted by atomic mass is 9.95. The number of carbonyl (C=O) groups excluding carboxylic acids is 2. The number of amides is 1. The maximum Gasteiger partial charge on any atom is 0.316 e. The van der Waals surface area contributed by atoms with E-state index < -0.39 is 0 Å². The van der Waals surface area contributed by atoms with Crippen molar-refractivity contribution >= 4 is 34.5 Å². The number of morpholine rings is 1. The number of benzene rings is 1. The SMILES string of the molecule is CCOC(=O)CSc1nc2cc(C(=O)N3CCOCC3)ccc2c(=O)n1C1CCCCC1. The molecule has 0 N–H and O–H groups in total. The zero-order valence-electron chi connectivity index (χ0n) is 18.4. The van der Waals surface area contributed by atoms with Gasteiger partial charge in [0.15, 0.2) is 5.16 Å². The highest BCUT2D eigenvalue weighted by atomic mass is 32.2. The Morgan fingerprint density at radius 2 is 1.94 bits per heavy atom. The molecular weight excluding hydrogens is 430 g/mol. The molecule has 32 heavy (non-hydrogen) atoms. The van der Waals surface area contributed by atoms with Crippen LogP contribution in [-0.4, -0.2) is 65.0 Å². The van der Waals surface area contributed by atoms with E-state index in [1.165, 1.54) is 18.2 Å². The third kappa shape index (κ3) is 4.99. The van der Waals surface area contributed by atoms with Gasteiger partial charge in [-0.1, -0.05) is 31.0 Å². The predicted octanol–water partition coefficient (Wildman–Crippen LogP) is 3.03. The Balaban J connectivity index is 1.71.